The summed E-state index contributed by atoms with van der Waals surface area (Å²) in [5, 5.41) is 7.30. The van der Waals surface area contributed by atoms with E-state index in [4.69, 9.17) is 16.1 Å². The maximum Gasteiger partial charge on any atom is 0.258 e. The number of amides is 1. The Labute approximate surface area is 144 Å². The Morgan fingerprint density at radius 2 is 2.00 bits per heavy atom. The molecule has 0 radical (unpaired) electrons. The molecule has 0 bridgehead atoms. The zero-order chi connectivity index (χ0) is 16.9. The molecule has 1 aromatic heterocycles. The van der Waals surface area contributed by atoms with E-state index in [2.05, 4.69) is 15.5 Å². The molecule has 122 valence electrons. The molecule has 0 spiro atoms. The molecule has 2 aromatic carbocycles. The minimum atomic E-state index is -0.245. The molecule has 1 amide bonds. The summed E-state index contributed by atoms with van der Waals surface area (Å²) in [7, 11) is 0. The van der Waals surface area contributed by atoms with E-state index in [0.29, 0.717) is 16.7 Å². The number of hydrogen-bond acceptors (Lipinski definition) is 4. The van der Waals surface area contributed by atoms with Crippen LogP contribution in [0.1, 0.15) is 24.2 Å². The smallest absolute Gasteiger partial charge is 0.258 e. The van der Waals surface area contributed by atoms with Gasteiger partial charge in [0.25, 0.3) is 5.89 Å². The molecule has 0 unspecified atom stereocenters. The lowest BCUT2D eigenvalue weighted by atomic mass is 10.0. The molecule has 5 nitrogen and oxygen atoms in total. The van der Waals surface area contributed by atoms with Gasteiger partial charge in [0.2, 0.25) is 5.91 Å². The third-order valence-corrected chi connectivity index (χ3v) is 3.89. The second kappa shape index (κ2) is 7.27. The van der Waals surface area contributed by atoms with E-state index in [1.807, 2.05) is 49.4 Å². The number of hydrogen-bond donors (Lipinski definition) is 1. The van der Waals surface area contributed by atoms with Gasteiger partial charge in [0.1, 0.15) is 0 Å². The topological polar surface area (TPSA) is 68.0 Å². The van der Waals surface area contributed by atoms with Crippen molar-refractivity contribution >= 4 is 17.5 Å². The molecule has 24 heavy (non-hydrogen) atoms. The fraction of sp³-hybridized carbons (Fsp3) is 0.167. The highest BCUT2D eigenvalue weighted by Gasteiger charge is 2.16. The van der Waals surface area contributed by atoms with Gasteiger partial charge in [-0.3, -0.25) is 4.79 Å². The molecule has 0 saturated heterocycles. The maximum atomic E-state index is 12.2. The van der Waals surface area contributed by atoms with Crippen LogP contribution in [0.15, 0.2) is 59.1 Å². The molecule has 1 N–H and O–H groups in total. The number of nitrogens with one attached hydrogen (secondary N) is 1. The van der Waals surface area contributed by atoms with Crippen LogP contribution in [0.2, 0.25) is 5.02 Å². The monoisotopic (exact) mass is 341 g/mol. The zero-order valence-corrected chi connectivity index (χ0v) is 13.8. The van der Waals surface area contributed by atoms with Crippen molar-refractivity contribution in [2.24, 2.45) is 0 Å². The molecular formula is C18H16ClN3O2. The van der Waals surface area contributed by atoms with Crippen molar-refractivity contribution in [2.45, 2.75) is 19.4 Å². The lowest BCUT2D eigenvalue weighted by Gasteiger charge is -2.11. The lowest BCUT2D eigenvalue weighted by molar-refractivity contribution is -0.122. The molecular weight excluding hydrogens is 326 g/mol. The van der Waals surface area contributed by atoms with Crippen LogP contribution in [-0.4, -0.2) is 16.0 Å². The van der Waals surface area contributed by atoms with Gasteiger partial charge in [-0.15, -0.1) is 0 Å². The maximum absolute atomic E-state index is 12.2. The van der Waals surface area contributed by atoms with Gasteiger partial charge >= 0.3 is 0 Å². The molecule has 0 aliphatic carbocycles. The minimum Gasteiger partial charge on any atom is -0.348 e. The Bertz CT molecular complexity index is 833. The summed E-state index contributed by atoms with van der Waals surface area (Å²) in [6.07, 6.45) is 0. The molecule has 0 fully saturated rings. The van der Waals surface area contributed by atoms with E-state index in [-0.39, 0.29) is 18.4 Å². The van der Waals surface area contributed by atoms with E-state index < -0.39 is 0 Å². The van der Waals surface area contributed by atoms with Crippen LogP contribution in [0.5, 0.6) is 0 Å². The summed E-state index contributed by atoms with van der Waals surface area (Å²) >= 11 is 5.95. The van der Waals surface area contributed by atoms with E-state index >= 15 is 0 Å². The second-order valence-electron chi connectivity index (χ2n) is 5.38. The van der Waals surface area contributed by atoms with Gasteiger partial charge in [0, 0.05) is 10.6 Å². The van der Waals surface area contributed by atoms with Gasteiger partial charge < -0.3 is 9.84 Å². The van der Waals surface area contributed by atoms with E-state index in [1.54, 1.807) is 12.1 Å². The van der Waals surface area contributed by atoms with Crippen LogP contribution in [0.3, 0.4) is 0 Å². The van der Waals surface area contributed by atoms with Crippen molar-refractivity contribution in [2.75, 3.05) is 0 Å². The van der Waals surface area contributed by atoms with Crippen LogP contribution in [-0.2, 0) is 11.3 Å². The molecule has 1 atom stereocenters. The number of carbonyl (C=O) groups excluding carboxylic acids is 1. The second-order valence-corrected chi connectivity index (χ2v) is 5.81. The minimum absolute atomic E-state index is 0.0877. The summed E-state index contributed by atoms with van der Waals surface area (Å²) in [4.78, 5) is 16.5. The summed E-state index contributed by atoms with van der Waals surface area (Å²) < 4.78 is 5.21. The third kappa shape index (κ3) is 3.81. The van der Waals surface area contributed by atoms with Gasteiger partial charge in [0.05, 0.1) is 12.5 Å². The van der Waals surface area contributed by atoms with Crippen LogP contribution < -0.4 is 5.32 Å². The van der Waals surface area contributed by atoms with Crippen molar-refractivity contribution in [1.82, 2.24) is 15.5 Å². The Hall–Kier alpha value is -2.66. The Morgan fingerprint density at radius 1 is 1.21 bits per heavy atom. The number of nitrogens with zero attached hydrogens (tertiary/aromatic N) is 2. The van der Waals surface area contributed by atoms with Crippen LogP contribution in [0.4, 0.5) is 0 Å². The molecule has 0 aliphatic heterocycles. The largest absolute Gasteiger partial charge is 0.348 e. The van der Waals surface area contributed by atoms with Gasteiger partial charge in [-0.2, -0.15) is 4.98 Å². The first-order chi connectivity index (χ1) is 11.6. The first kappa shape index (κ1) is 16.2. The molecule has 3 aromatic rings. The van der Waals surface area contributed by atoms with Crippen LogP contribution in [0, 0.1) is 0 Å². The SMILES string of the molecule is C[C@H](C(=O)NCc1noc(-c2cccc(Cl)c2)n1)c1ccccc1. The fourth-order valence-electron chi connectivity index (χ4n) is 2.28. The number of rotatable bonds is 5. The zero-order valence-electron chi connectivity index (χ0n) is 13.1. The molecule has 6 heteroatoms. The average molecular weight is 342 g/mol. The van der Waals surface area contributed by atoms with E-state index in [9.17, 15) is 4.79 Å². The predicted octanol–water partition coefficient (Wildman–Crippen LogP) is 3.81. The lowest BCUT2D eigenvalue weighted by Crippen LogP contribution is -2.27. The van der Waals surface area contributed by atoms with E-state index in [0.717, 1.165) is 11.1 Å². The normalized spacial score (nSPS) is 11.9. The Kier molecular flexibility index (Phi) is 4.91. The summed E-state index contributed by atoms with van der Waals surface area (Å²) in [5.74, 6) is 0.456. The third-order valence-electron chi connectivity index (χ3n) is 3.65. The van der Waals surface area contributed by atoms with Gasteiger partial charge in [-0.05, 0) is 30.7 Å². The molecule has 3 rings (SSSR count). The number of halogens is 1. The summed E-state index contributed by atoms with van der Waals surface area (Å²) in [5.41, 5.74) is 1.70. The quantitative estimate of drug-likeness (QED) is 0.766. The van der Waals surface area contributed by atoms with Crippen molar-refractivity contribution in [3.05, 3.63) is 71.0 Å². The summed E-state index contributed by atoms with van der Waals surface area (Å²) in [6, 6.07) is 16.8. The highest BCUT2D eigenvalue weighted by atomic mass is 35.5. The fourth-order valence-corrected chi connectivity index (χ4v) is 2.47. The summed E-state index contributed by atoms with van der Waals surface area (Å²) in [6.45, 7) is 2.07. The number of benzene rings is 2. The Morgan fingerprint density at radius 3 is 2.75 bits per heavy atom. The first-order valence-electron chi connectivity index (χ1n) is 7.54. The molecule has 0 aliphatic rings. The average Bonchev–Trinajstić information content (AvgIpc) is 3.09. The van der Waals surface area contributed by atoms with Gasteiger partial charge in [-0.25, -0.2) is 0 Å². The van der Waals surface area contributed by atoms with Crippen molar-refractivity contribution in [3.63, 3.8) is 0 Å². The van der Waals surface area contributed by atoms with Crippen molar-refractivity contribution < 1.29 is 9.32 Å². The van der Waals surface area contributed by atoms with Crippen LogP contribution in [0.25, 0.3) is 11.5 Å². The van der Waals surface area contributed by atoms with Crippen molar-refractivity contribution in [1.29, 1.82) is 0 Å². The number of aromatic nitrogens is 2. The highest BCUT2D eigenvalue weighted by Crippen LogP contribution is 2.21. The predicted molar refractivity (Wildman–Crippen MR) is 91.4 cm³/mol. The van der Waals surface area contributed by atoms with Crippen LogP contribution >= 0.6 is 11.6 Å². The van der Waals surface area contributed by atoms with Gasteiger partial charge in [0.15, 0.2) is 5.82 Å². The highest BCUT2D eigenvalue weighted by molar-refractivity contribution is 6.30. The molecule has 0 saturated carbocycles. The molecule has 1 heterocycles. The Balaban J connectivity index is 1.62. The van der Waals surface area contributed by atoms with Crippen molar-refractivity contribution in [3.8, 4) is 11.5 Å². The van der Waals surface area contributed by atoms with Gasteiger partial charge in [-0.1, -0.05) is 53.2 Å². The van der Waals surface area contributed by atoms with E-state index in [1.165, 1.54) is 0 Å². The number of carbonyl (C=O) groups is 1. The first-order valence-corrected chi connectivity index (χ1v) is 7.92. The standard InChI is InChI=1S/C18H16ClN3O2/c1-12(13-6-3-2-4-7-13)17(23)20-11-16-21-18(24-22-16)14-8-5-9-15(19)10-14/h2-10,12H,11H2,1H3,(H,20,23)/t12-/m0/s1.